The minimum Gasteiger partial charge on any atom is -0.383 e. The van der Waals surface area contributed by atoms with Gasteiger partial charge in [0.15, 0.2) is 10.4 Å². The predicted octanol–water partition coefficient (Wildman–Crippen LogP) is 1.87. The number of nitrogens with zero attached hydrogens (tertiary/aromatic N) is 3. The molecule has 0 bridgehead atoms. The number of nitrogens with one attached hydrogen (secondary N) is 1. The van der Waals surface area contributed by atoms with E-state index in [1.54, 1.807) is 7.11 Å². The molecule has 0 spiro atoms. The molecule has 5 nitrogen and oxygen atoms in total. The molecule has 0 unspecified atom stereocenters. The Morgan fingerprint density at radius 3 is 2.88 bits per heavy atom. The van der Waals surface area contributed by atoms with Crippen LogP contribution in [0.3, 0.4) is 0 Å². The fraction of sp³-hybridized carbons (Fsp3) is 0.600. The molecule has 16 heavy (non-hydrogen) atoms. The first-order valence-electron chi connectivity index (χ1n) is 5.34. The second-order valence-corrected chi connectivity index (χ2v) is 4.06. The maximum atomic E-state index is 5.30. The van der Waals surface area contributed by atoms with Gasteiger partial charge in [0.1, 0.15) is 5.52 Å². The van der Waals surface area contributed by atoms with Crippen LogP contribution in [0.1, 0.15) is 12.6 Å². The van der Waals surface area contributed by atoms with Gasteiger partial charge in [0.05, 0.1) is 18.8 Å². The highest BCUT2D eigenvalue weighted by atomic mass is 32.1. The Balaban J connectivity index is 2.61. The molecule has 2 heterocycles. The molecule has 0 saturated heterocycles. The van der Waals surface area contributed by atoms with E-state index in [0.717, 1.165) is 34.7 Å². The van der Waals surface area contributed by atoms with Gasteiger partial charge in [-0.2, -0.15) is 5.10 Å². The van der Waals surface area contributed by atoms with Crippen molar-refractivity contribution in [1.82, 2.24) is 19.3 Å². The molecule has 0 aliphatic rings. The summed E-state index contributed by atoms with van der Waals surface area (Å²) in [5.41, 5.74) is 3.07. The number of aromatic nitrogens is 4. The summed E-state index contributed by atoms with van der Waals surface area (Å²) >= 11 is 5.30. The third kappa shape index (κ3) is 1.68. The molecular formula is C10H16N4OS. The van der Waals surface area contributed by atoms with Gasteiger partial charge in [-0.15, -0.1) is 0 Å². The summed E-state index contributed by atoms with van der Waals surface area (Å²) in [4.78, 5) is 3.20. The quantitative estimate of drug-likeness (QED) is 0.830. The van der Waals surface area contributed by atoms with Crippen molar-refractivity contribution in [1.29, 1.82) is 0 Å². The molecule has 2 rings (SSSR count). The Morgan fingerprint density at radius 2 is 2.25 bits per heavy atom. The summed E-state index contributed by atoms with van der Waals surface area (Å²) < 4.78 is 9.82. The van der Waals surface area contributed by atoms with E-state index in [2.05, 4.69) is 17.0 Å². The van der Waals surface area contributed by atoms with Gasteiger partial charge in [0.2, 0.25) is 0 Å². The van der Waals surface area contributed by atoms with Gasteiger partial charge in [0, 0.05) is 13.7 Å². The molecule has 0 saturated carbocycles. The van der Waals surface area contributed by atoms with Crippen molar-refractivity contribution in [2.75, 3.05) is 13.7 Å². The second kappa shape index (κ2) is 4.39. The van der Waals surface area contributed by atoms with Crippen LogP contribution in [0.25, 0.3) is 11.2 Å². The van der Waals surface area contributed by atoms with Crippen LogP contribution < -0.4 is 0 Å². The maximum absolute atomic E-state index is 5.30. The zero-order valence-electron chi connectivity index (χ0n) is 9.78. The van der Waals surface area contributed by atoms with Gasteiger partial charge in [-0.1, -0.05) is 0 Å². The lowest BCUT2D eigenvalue weighted by Crippen LogP contribution is -2.08. The van der Waals surface area contributed by atoms with Gasteiger partial charge < -0.3 is 9.72 Å². The van der Waals surface area contributed by atoms with Crippen molar-refractivity contribution in [3.63, 3.8) is 0 Å². The van der Waals surface area contributed by atoms with Crippen LogP contribution >= 0.6 is 12.2 Å². The lowest BCUT2D eigenvalue weighted by Gasteiger charge is -2.04. The van der Waals surface area contributed by atoms with E-state index in [9.17, 15) is 0 Å². The van der Waals surface area contributed by atoms with Crippen LogP contribution in [0.4, 0.5) is 0 Å². The molecule has 0 amide bonds. The van der Waals surface area contributed by atoms with Crippen molar-refractivity contribution in [2.45, 2.75) is 26.9 Å². The molecule has 0 radical (unpaired) electrons. The number of H-pyrrole nitrogens is 1. The molecule has 6 heteroatoms. The summed E-state index contributed by atoms with van der Waals surface area (Å²) in [5, 5.41) is 4.46. The molecule has 88 valence electrons. The number of methoxy groups -OCH3 is 1. The van der Waals surface area contributed by atoms with Gasteiger partial charge in [-0.25, -0.2) is 4.68 Å². The standard InChI is InChI=1S/C10H16N4OS/c1-4-14-9-8(7(2)12-14)11-10(16)13(9)5-6-15-3/h4-6H2,1-3H3,(H,11,16). The van der Waals surface area contributed by atoms with Crippen LogP contribution in [0.15, 0.2) is 0 Å². The monoisotopic (exact) mass is 240 g/mol. The third-order valence-corrected chi connectivity index (χ3v) is 2.97. The Hall–Kier alpha value is -1.14. The van der Waals surface area contributed by atoms with Crippen LogP contribution in [-0.4, -0.2) is 33.0 Å². The van der Waals surface area contributed by atoms with E-state index < -0.39 is 0 Å². The van der Waals surface area contributed by atoms with E-state index in [1.807, 2.05) is 16.2 Å². The Bertz CT molecular complexity index is 551. The fourth-order valence-corrected chi connectivity index (χ4v) is 2.15. The van der Waals surface area contributed by atoms with Crippen LogP contribution in [0.5, 0.6) is 0 Å². The summed E-state index contributed by atoms with van der Waals surface area (Å²) in [5.74, 6) is 0. The minimum absolute atomic E-state index is 0.648. The van der Waals surface area contributed by atoms with E-state index in [4.69, 9.17) is 17.0 Å². The Labute approximate surface area is 99.0 Å². The second-order valence-electron chi connectivity index (χ2n) is 3.67. The molecule has 0 aliphatic carbocycles. The first-order chi connectivity index (χ1) is 7.69. The average molecular weight is 240 g/mol. The van der Waals surface area contributed by atoms with E-state index in [1.165, 1.54) is 0 Å². The molecule has 0 atom stereocenters. The molecule has 0 fully saturated rings. The van der Waals surface area contributed by atoms with Crippen molar-refractivity contribution >= 4 is 23.4 Å². The lowest BCUT2D eigenvalue weighted by atomic mass is 10.4. The van der Waals surface area contributed by atoms with Gasteiger partial charge in [0.25, 0.3) is 0 Å². The van der Waals surface area contributed by atoms with E-state index in [0.29, 0.717) is 6.61 Å². The number of fused-ring (bicyclic) bond motifs is 1. The summed E-state index contributed by atoms with van der Waals surface area (Å²) in [6.45, 7) is 6.29. The topological polar surface area (TPSA) is 47.8 Å². The van der Waals surface area contributed by atoms with Gasteiger partial charge >= 0.3 is 0 Å². The van der Waals surface area contributed by atoms with Crippen LogP contribution in [0, 0.1) is 11.7 Å². The largest absolute Gasteiger partial charge is 0.383 e. The number of aromatic amines is 1. The minimum atomic E-state index is 0.648. The van der Waals surface area contributed by atoms with E-state index >= 15 is 0 Å². The van der Waals surface area contributed by atoms with Crippen molar-refractivity contribution < 1.29 is 4.74 Å². The van der Waals surface area contributed by atoms with Gasteiger partial charge in [-0.05, 0) is 26.1 Å². The maximum Gasteiger partial charge on any atom is 0.179 e. The third-order valence-electron chi connectivity index (χ3n) is 2.65. The molecule has 1 N–H and O–H groups in total. The summed E-state index contributed by atoms with van der Waals surface area (Å²) in [6, 6.07) is 0. The zero-order valence-corrected chi connectivity index (χ0v) is 10.6. The Kier molecular flexibility index (Phi) is 3.11. The number of aryl methyl sites for hydroxylation is 2. The fourth-order valence-electron chi connectivity index (χ4n) is 1.87. The van der Waals surface area contributed by atoms with Crippen LogP contribution in [0.2, 0.25) is 0 Å². The number of rotatable bonds is 4. The van der Waals surface area contributed by atoms with Crippen molar-refractivity contribution in [3.05, 3.63) is 10.5 Å². The number of ether oxygens (including phenoxy) is 1. The first kappa shape index (κ1) is 11.3. The summed E-state index contributed by atoms with van der Waals surface area (Å²) in [7, 11) is 1.69. The molecular weight excluding hydrogens is 224 g/mol. The highest BCUT2D eigenvalue weighted by Crippen LogP contribution is 2.17. The first-order valence-corrected chi connectivity index (χ1v) is 5.74. The zero-order chi connectivity index (χ0) is 11.7. The van der Waals surface area contributed by atoms with E-state index in [-0.39, 0.29) is 0 Å². The van der Waals surface area contributed by atoms with Crippen LogP contribution in [-0.2, 0) is 17.8 Å². The summed E-state index contributed by atoms with van der Waals surface area (Å²) in [6.07, 6.45) is 0. The SMILES string of the molecule is CCn1nc(C)c2[nH]c(=S)n(CCOC)c21. The van der Waals surface area contributed by atoms with Gasteiger partial charge in [-0.3, -0.25) is 4.57 Å². The normalized spacial score (nSPS) is 11.4. The average Bonchev–Trinajstić information content (AvgIpc) is 2.74. The molecule has 0 aromatic carbocycles. The highest BCUT2D eigenvalue weighted by Gasteiger charge is 2.13. The molecule has 2 aromatic heterocycles. The number of imidazole rings is 1. The molecule has 2 aromatic rings. The smallest absolute Gasteiger partial charge is 0.179 e. The van der Waals surface area contributed by atoms with Crippen molar-refractivity contribution in [3.8, 4) is 0 Å². The highest BCUT2D eigenvalue weighted by molar-refractivity contribution is 7.71. The van der Waals surface area contributed by atoms with Crippen molar-refractivity contribution in [2.24, 2.45) is 0 Å². The number of hydrogen-bond acceptors (Lipinski definition) is 3. The number of hydrogen-bond donors (Lipinski definition) is 1. The Morgan fingerprint density at radius 1 is 1.50 bits per heavy atom. The lowest BCUT2D eigenvalue weighted by molar-refractivity contribution is 0.187. The molecule has 0 aliphatic heterocycles. The predicted molar refractivity (Wildman–Crippen MR) is 65.2 cm³/mol.